The Hall–Kier alpha value is -3.35. The molecular weight excluding hydrogens is 334 g/mol. The fourth-order valence-corrected chi connectivity index (χ4v) is 2.96. The molecule has 0 radical (unpaired) electrons. The summed E-state index contributed by atoms with van der Waals surface area (Å²) in [5, 5.41) is 16.4. The van der Waals surface area contributed by atoms with E-state index in [-0.39, 0.29) is 17.6 Å². The predicted molar refractivity (Wildman–Crippen MR) is 96.1 cm³/mol. The number of ether oxygens (including phenoxy) is 1. The molecule has 1 saturated heterocycles. The van der Waals surface area contributed by atoms with Crippen molar-refractivity contribution >= 4 is 18.0 Å². The van der Waals surface area contributed by atoms with Gasteiger partial charge in [-0.1, -0.05) is 30.3 Å². The number of amides is 2. The average molecular weight is 353 g/mol. The van der Waals surface area contributed by atoms with Gasteiger partial charge in [-0.05, 0) is 29.3 Å². The first-order valence-corrected chi connectivity index (χ1v) is 8.12. The number of methoxy groups -OCH3 is 1. The molecule has 1 heterocycles. The summed E-state index contributed by atoms with van der Waals surface area (Å²) in [5.41, 5.74) is 3.92. The monoisotopic (exact) mass is 353 g/mol. The molecule has 3 rings (SSSR count). The largest absolute Gasteiger partial charge is 0.504 e. The van der Waals surface area contributed by atoms with Crippen LogP contribution in [-0.2, 0) is 9.59 Å². The van der Waals surface area contributed by atoms with Crippen LogP contribution in [0.25, 0.3) is 0 Å². The van der Waals surface area contributed by atoms with Gasteiger partial charge >= 0.3 is 0 Å². The number of aromatic hydroxyl groups is 1. The van der Waals surface area contributed by atoms with Crippen molar-refractivity contribution < 1.29 is 19.4 Å². The van der Waals surface area contributed by atoms with E-state index >= 15 is 0 Å². The van der Waals surface area contributed by atoms with Gasteiger partial charge in [-0.25, -0.2) is 5.43 Å². The Labute approximate surface area is 150 Å². The third kappa shape index (κ3) is 3.66. The molecule has 0 unspecified atom stereocenters. The summed E-state index contributed by atoms with van der Waals surface area (Å²) >= 11 is 0. The van der Waals surface area contributed by atoms with Crippen LogP contribution >= 0.6 is 0 Å². The van der Waals surface area contributed by atoms with Crippen molar-refractivity contribution in [2.24, 2.45) is 11.0 Å². The summed E-state index contributed by atoms with van der Waals surface area (Å²) in [4.78, 5) is 24.5. The minimum atomic E-state index is -0.834. The fourth-order valence-electron chi connectivity index (χ4n) is 2.96. The van der Waals surface area contributed by atoms with Crippen molar-refractivity contribution in [1.29, 1.82) is 0 Å². The van der Waals surface area contributed by atoms with Crippen LogP contribution in [-0.4, -0.2) is 36.8 Å². The lowest BCUT2D eigenvalue weighted by Crippen LogP contribution is -2.34. The number of phenolic OH excluding ortho intramolecular Hbond substituents is 1. The second kappa shape index (κ2) is 7.69. The lowest BCUT2D eigenvalue weighted by atomic mass is 9.88. The molecule has 7 nitrogen and oxygen atoms in total. The van der Waals surface area contributed by atoms with Gasteiger partial charge in [-0.3, -0.25) is 9.59 Å². The van der Waals surface area contributed by atoms with Crippen LogP contribution in [0.1, 0.15) is 17.0 Å². The Balaban J connectivity index is 1.68. The van der Waals surface area contributed by atoms with Crippen LogP contribution in [0, 0.1) is 5.92 Å². The van der Waals surface area contributed by atoms with Gasteiger partial charge < -0.3 is 15.2 Å². The molecule has 7 heteroatoms. The van der Waals surface area contributed by atoms with Gasteiger partial charge in [0, 0.05) is 12.5 Å². The van der Waals surface area contributed by atoms with Crippen molar-refractivity contribution in [3.8, 4) is 11.5 Å². The van der Waals surface area contributed by atoms with Gasteiger partial charge in [0.05, 0.1) is 13.3 Å². The minimum Gasteiger partial charge on any atom is -0.504 e. The number of rotatable bonds is 5. The Morgan fingerprint density at radius 1 is 1.31 bits per heavy atom. The Bertz CT molecular complexity index is 836. The number of phenols is 1. The van der Waals surface area contributed by atoms with Crippen molar-refractivity contribution in [3.63, 3.8) is 0 Å². The molecule has 1 aliphatic heterocycles. The molecule has 0 spiro atoms. The highest BCUT2D eigenvalue weighted by molar-refractivity contribution is 6.03. The summed E-state index contributed by atoms with van der Waals surface area (Å²) in [5.74, 6) is -1.53. The first kappa shape index (κ1) is 17.5. The van der Waals surface area contributed by atoms with E-state index < -0.39 is 11.8 Å². The molecule has 2 atom stereocenters. The van der Waals surface area contributed by atoms with Gasteiger partial charge in [-0.2, -0.15) is 5.10 Å². The highest BCUT2D eigenvalue weighted by Crippen LogP contribution is 2.29. The quantitative estimate of drug-likeness (QED) is 0.429. The van der Waals surface area contributed by atoms with Crippen molar-refractivity contribution in [2.45, 2.75) is 5.92 Å². The molecular formula is C19H19N3O4. The van der Waals surface area contributed by atoms with Crippen LogP contribution in [0.2, 0.25) is 0 Å². The second-order valence-corrected chi connectivity index (χ2v) is 5.91. The molecule has 2 aromatic rings. The number of hydrogen-bond donors (Lipinski definition) is 3. The smallest absolute Gasteiger partial charge is 0.253 e. The molecule has 1 aliphatic rings. The zero-order valence-electron chi connectivity index (χ0n) is 14.2. The van der Waals surface area contributed by atoms with E-state index in [4.69, 9.17) is 4.74 Å². The van der Waals surface area contributed by atoms with Crippen molar-refractivity contribution in [2.75, 3.05) is 13.7 Å². The first-order valence-electron chi connectivity index (χ1n) is 8.12. The van der Waals surface area contributed by atoms with Gasteiger partial charge in [0.15, 0.2) is 11.5 Å². The fraction of sp³-hybridized carbons (Fsp3) is 0.211. The number of nitrogens with zero attached hydrogens (tertiary/aromatic N) is 1. The predicted octanol–water partition coefficient (Wildman–Crippen LogP) is 1.38. The van der Waals surface area contributed by atoms with E-state index in [0.29, 0.717) is 17.9 Å². The van der Waals surface area contributed by atoms with Crippen LogP contribution < -0.4 is 15.5 Å². The number of hydrazone groups is 1. The molecule has 0 saturated carbocycles. The average Bonchev–Trinajstić information content (AvgIpc) is 3.04. The summed E-state index contributed by atoms with van der Waals surface area (Å²) < 4.78 is 4.97. The summed E-state index contributed by atoms with van der Waals surface area (Å²) in [6, 6.07) is 14.2. The maximum Gasteiger partial charge on any atom is 0.253 e. The third-order valence-electron chi connectivity index (χ3n) is 4.28. The molecule has 1 fully saturated rings. The number of benzene rings is 2. The van der Waals surface area contributed by atoms with Crippen LogP contribution in [0.4, 0.5) is 0 Å². The topological polar surface area (TPSA) is 100 Å². The molecule has 26 heavy (non-hydrogen) atoms. The number of nitrogens with one attached hydrogen (secondary N) is 2. The van der Waals surface area contributed by atoms with E-state index in [0.717, 1.165) is 5.56 Å². The number of carbonyl (C=O) groups excluding carboxylic acids is 2. The molecule has 2 amide bonds. The zero-order valence-corrected chi connectivity index (χ0v) is 14.2. The summed E-state index contributed by atoms with van der Waals surface area (Å²) in [6.07, 6.45) is 1.39. The van der Waals surface area contributed by atoms with E-state index in [1.54, 1.807) is 12.1 Å². The maximum atomic E-state index is 12.4. The van der Waals surface area contributed by atoms with Crippen LogP contribution in [0.15, 0.2) is 53.6 Å². The lowest BCUT2D eigenvalue weighted by molar-refractivity contribution is -0.133. The highest BCUT2D eigenvalue weighted by Gasteiger charge is 2.40. The van der Waals surface area contributed by atoms with Crippen LogP contribution in [0.5, 0.6) is 11.5 Å². The lowest BCUT2D eigenvalue weighted by Gasteiger charge is -2.15. The van der Waals surface area contributed by atoms with E-state index in [9.17, 15) is 14.7 Å². The molecule has 2 aromatic carbocycles. The Morgan fingerprint density at radius 3 is 2.77 bits per heavy atom. The maximum absolute atomic E-state index is 12.4. The highest BCUT2D eigenvalue weighted by atomic mass is 16.5. The van der Waals surface area contributed by atoms with Gasteiger partial charge in [0.1, 0.15) is 5.92 Å². The van der Waals surface area contributed by atoms with E-state index in [1.165, 1.54) is 19.4 Å². The van der Waals surface area contributed by atoms with E-state index in [2.05, 4.69) is 15.8 Å². The zero-order chi connectivity index (χ0) is 18.5. The van der Waals surface area contributed by atoms with Crippen LogP contribution in [0.3, 0.4) is 0 Å². The third-order valence-corrected chi connectivity index (χ3v) is 4.28. The molecule has 134 valence electrons. The first-order chi connectivity index (χ1) is 12.6. The normalized spacial score (nSPS) is 19.3. The van der Waals surface area contributed by atoms with Gasteiger partial charge in [0.25, 0.3) is 5.91 Å². The standard InChI is InChI=1S/C19H19N3O4/c1-26-16-8-7-12(9-15(16)23)10-21-22-19(25)17-14(11-20-18(17)24)13-5-3-2-4-6-13/h2-10,14,17,23H,11H2,1H3,(H,20,24)(H,22,25)/t14-,17-/m1/s1. The van der Waals surface area contributed by atoms with Gasteiger partial charge in [0.2, 0.25) is 5.91 Å². The van der Waals surface area contributed by atoms with E-state index in [1.807, 2.05) is 30.3 Å². The molecule has 3 N–H and O–H groups in total. The van der Waals surface area contributed by atoms with Crippen molar-refractivity contribution in [3.05, 3.63) is 59.7 Å². The number of carbonyl (C=O) groups is 2. The number of hydrogen-bond acceptors (Lipinski definition) is 5. The SMILES string of the molecule is COc1ccc(C=NNC(=O)[C@H]2C(=O)NC[C@@H]2c2ccccc2)cc1O. The second-order valence-electron chi connectivity index (χ2n) is 5.91. The van der Waals surface area contributed by atoms with Gasteiger partial charge in [-0.15, -0.1) is 0 Å². The molecule has 0 aliphatic carbocycles. The molecule has 0 aromatic heterocycles. The summed E-state index contributed by atoms with van der Waals surface area (Å²) in [6.45, 7) is 0.414. The Kier molecular flexibility index (Phi) is 5.17. The Morgan fingerprint density at radius 2 is 2.08 bits per heavy atom. The minimum absolute atomic E-state index is 0.0258. The summed E-state index contributed by atoms with van der Waals surface area (Å²) in [7, 11) is 1.46. The molecule has 0 bridgehead atoms. The van der Waals surface area contributed by atoms with Crippen molar-refractivity contribution in [1.82, 2.24) is 10.7 Å².